The van der Waals surface area contributed by atoms with E-state index < -0.39 is 18.0 Å². The second kappa shape index (κ2) is 8.05. The van der Waals surface area contributed by atoms with Gasteiger partial charge in [0.15, 0.2) is 0 Å². The molecule has 15 heavy (non-hydrogen) atoms. The van der Waals surface area contributed by atoms with Crippen molar-refractivity contribution >= 4 is 12.0 Å². The SMILES string of the molecule is CCNC(=O)N[C@@H](CCCCN)C(=O)O. The lowest BCUT2D eigenvalue weighted by Crippen LogP contribution is -2.45. The highest BCUT2D eigenvalue weighted by molar-refractivity contribution is 5.82. The fraction of sp³-hybridized carbons (Fsp3) is 0.778. The summed E-state index contributed by atoms with van der Waals surface area (Å²) in [5.74, 6) is -1.02. The standard InChI is InChI=1S/C9H19N3O3/c1-2-11-9(15)12-7(8(13)14)5-3-4-6-10/h7H,2-6,10H2,1H3,(H,13,14)(H2,11,12,15)/t7-/m0/s1. The Morgan fingerprint density at radius 1 is 1.40 bits per heavy atom. The Kier molecular flexibility index (Phi) is 7.35. The molecular formula is C9H19N3O3. The second-order valence-corrected chi connectivity index (χ2v) is 3.18. The van der Waals surface area contributed by atoms with Crippen LogP contribution in [0.2, 0.25) is 0 Å². The van der Waals surface area contributed by atoms with Gasteiger partial charge in [0.25, 0.3) is 0 Å². The van der Waals surface area contributed by atoms with E-state index in [4.69, 9.17) is 10.8 Å². The molecular weight excluding hydrogens is 198 g/mol. The third-order valence-electron chi connectivity index (χ3n) is 1.89. The number of hydrogen-bond donors (Lipinski definition) is 4. The molecule has 2 amide bonds. The van der Waals surface area contributed by atoms with Crippen LogP contribution in [0.5, 0.6) is 0 Å². The first kappa shape index (κ1) is 13.7. The Morgan fingerprint density at radius 2 is 2.07 bits per heavy atom. The van der Waals surface area contributed by atoms with Gasteiger partial charge in [-0.3, -0.25) is 0 Å². The summed E-state index contributed by atoms with van der Waals surface area (Å²) in [6, 6.07) is -1.28. The third-order valence-corrected chi connectivity index (χ3v) is 1.89. The number of rotatable bonds is 7. The van der Waals surface area contributed by atoms with Crippen LogP contribution < -0.4 is 16.4 Å². The van der Waals surface area contributed by atoms with E-state index in [1.54, 1.807) is 6.92 Å². The van der Waals surface area contributed by atoms with E-state index >= 15 is 0 Å². The summed E-state index contributed by atoms with van der Waals surface area (Å²) >= 11 is 0. The Morgan fingerprint density at radius 3 is 2.53 bits per heavy atom. The molecule has 0 saturated carbocycles. The van der Waals surface area contributed by atoms with E-state index in [0.29, 0.717) is 25.9 Å². The number of amides is 2. The fourth-order valence-electron chi connectivity index (χ4n) is 1.12. The Bertz CT molecular complexity index is 209. The van der Waals surface area contributed by atoms with Gasteiger partial charge in [-0.2, -0.15) is 0 Å². The lowest BCUT2D eigenvalue weighted by Gasteiger charge is -2.14. The van der Waals surface area contributed by atoms with E-state index in [0.717, 1.165) is 6.42 Å². The van der Waals surface area contributed by atoms with Gasteiger partial charge in [0, 0.05) is 6.54 Å². The predicted octanol–water partition coefficient (Wildman–Crippen LogP) is -0.112. The number of carbonyl (C=O) groups excluding carboxylic acids is 1. The first-order chi connectivity index (χ1) is 7.11. The molecule has 0 rings (SSSR count). The maximum absolute atomic E-state index is 11.1. The zero-order valence-corrected chi connectivity index (χ0v) is 8.95. The minimum absolute atomic E-state index is 0.406. The van der Waals surface area contributed by atoms with Gasteiger partial charge in [-0.05, 0) is 32.7 Å². The molecule has 0 aliphatic carbocycles. The first-order valence-corrected chi connectivity index (χ1v) is 5.09. The molecule has 0 aromatic carbocycles. The Balaban J connectivity index is 3.93. The first-order valence-electron chi connectivity index (χ1n) is 5.09. The Labute approximate surface area is 89.2 Å². The quantitative estimate of drug-likeness (QED) is 0.446. The van der Waals surface area contributed by atoms with Crippen molar-refractivity contribution in [2.24, 2.45) is 5.73 Å². The average Bonchev–Trinajstić information content (AvgIpc) is 2.16. The van der Waals surface area contributed by atoms with Crippen molar-refractivity contribution in [3.8, 4) is 0 Å². The minimum Gasteiger partial charge on any atom is -0.480 e. The van der Waals surface area contributed by atoms with Crippen molar-refractivity contribution in [2.75, 3.05) is 13.1 Å². The highest BCUT2D eigenvalue weighted by atomic mass is 16.4. The molecule has 0 heterocycles. The van der Waals surface area contributed by atoms with Crippen LogP contribution in [-0.4, -0.2) is 36.2 Å². The number of hydrogen-bond acceptors (Lipinski definition) is 3. The summed E-state index contributed by atoms with van der Waals surface area (Å²) in [7, 11) is 0. The van der Waals surface area contributed by atoms with Gasteiger partial charge >= 0.3 is 12.0 Å². The summed E-state index contributed by atoms with van der Waals surface area (Å²) in [5, 5.41) is 13.7. The zero-order valence-electron chi connectivity index (χ0n) is 8.95. The van der Waals surface area contributed by atoms with Gasteiger partial charge < -0.3 is 21.5 Å². The van der Waals surface area contributed by atoms with E-state index in [1.807, 2.05) is 0 Å². The van der Waals surface area contributed by atoms with E-state index in [-0.39, 0.29) is 0 Å². The van der Waals surface area contributed by atoms with Gasteiger partial charge in [-0.1, -0.05) is 0 Å². The highest BCUT2D eigenvalue weighted by Gasteiger charge is 2.18. The van der Waals surface area contributed by atoms with Crippen LogP contribution >= 0.6 is 0 Å². The normalized spacial score (nSPS) is 11.9. The topological polar surface area (TPSA) is 104 Å². The predicted molar refractivity (Wildman–Crippen MR) is 56.5 cm³/mol. The molecule has 0 saturated heterocycles. The van der Waals surface area contributed by atoms with Crippen molar-refractivity contribution in [3.63, 3.8) is 0 Å². The van der Waals surface area contributed by atoms with Crippen LogP contribution in [0.4, 0.5) is 4.79 Å². The van der Waals surface area contributed by atoms with Crippen molar-refractivity contribution < 1.29 is 14.7 Å². The molecule has 0 aliphatic rings. The molecule has 0 aromatic heterocycles. The van der Waals surface area contributed by atoms with Crippen LogP contribution in [0.15, 0.2) is 0 Å². The number of unbranched alkanes of at least 4 members (excludes halogenated alkanes) is 1. The monoisotopic (exact) mass is 217 g/mol. The number of carboxylic acid groups (broad SMARTS) is 1. The van der Waals surface area contributed by atoms with Crippen LogP contribution in [-0.2, 0) is 4.79 Å². The Hall–Kier alpha value is -1.30. The number of carboxylic acids is 1. The van der Waals surface area contributed by atoms with Crippen molar-refractivity contribution in [1.82, 2.24) is 10.6 Å². The smallest absolute Gasteiger partial charge is 0.326 e. The van der Waals surface area contributed by atoms with E-state index in [2.05, 4.69) is 10.6 Å². The van der Waals surface area contributed by atoms with Crippen molar-refractivity contribution in [2.45, 2.75) is 32.2 Å². The van der Waals surface area contributed by atoms with Crippen LogP contribution in [0.25, 0.3) is 0 Å². The molecule has 0 fully saturated rings. The van der Waals surface area contributed by atoms with Crippen molar-refractivity contribution in [3.05, 3.63) is 0 Å². The largest absolute Gasteiger partial charge is 0.480 e. The van der Waals surface area contributed by atoms with E-state index in [1.165, 1.54) is 0 Å². The molecule has 0 aliphatic heterocycles. The molecule has 5 N–H and O–H groups in total. The highest BCUT2D eigenvalue weighted by Crippen LogP contribution is 2.00. The molecule has 0 radical (unpaired) electrons. The lowest BCUT2D eigenvalue weighted by molar-refractivity contribution is -0.139. The van der Waals surface area contributed by atoms with Crippen molar-refractivity contribution in [1.29, 1.82) is 0 Å². The number of carbonyl (C=O) groups is 2. The third kappa shape index (κ3) is 6.73. The van der Waals surface area contributed by atoms with Gasteiger partial charge in [0.05, 0.1) is 0 Å². The molecule has 88 valence electrons. The van der Waals surface area contributed by atoms with E-state index in [9.17, 15) is 9.59 Å². The van der Waals surface area contributed by atoms with Gasteiger partial charge in [0.1, 0.15) is 6.04 Å². The fourth-order valence-corrected chi connectivity index (χ4v) is 1.12. The lowest BCUT2D eigenvalue weighted by atomic mass is 10.1. The maximum Gasteiger partial charge on any atom is 0.326 e. The summed E-state index contributed by atoms with van der Waals surface area (Å²) < 4.78 is 0. The number of nitrogens with two attached hydrogens (primary N) is 1. The summed E-state index contributed by atoms with van der Waals surface area (Å²) in [6.07, 6.45) is 1.87. The average molecular weight is 217 g/mol. The van der Waals surface area contributed by atoms with Gasteiger partial charge in [0.2, 0.25) is 0 Å². The number of aliphatic carboxylic acids is 1. The van der Waals surface area contributed by atoms with Crippen LogP contribution in [0.1, 0.15) is 26.2 Å². The molecule has 0 bridgehead atoms. The maximum atomic E-state index is 11.1. The molecule has 0 unspecified atom stereocenters. The molecule has 1 atom stereocenters. The number of urea groups is 1. The minimum atomic E-state index is -1.02. The number of nitrogens with one attached hydrogen (secondary N) is 2. The zero-order chi connectivity index (χ0) is 11.7. The molecule has 0 aromatic rings. The summed E-state index contributed by atoms with van der Waals surface area (Å²) in [4.78, 5) is 21.8. The summed E-state index contributed by atoms with van der Waals surface area (Å²) in [5.41, 5.74) is 5.29. The second-order valence-electron chi connectivity index (χ2n) is 3.18. The van der Waals surface area contributed by atoms with Crippen LogP contribution in [0, 0.1) is 0 Å². The molecule has 0 spiro atoms. The summed E-state index contributed by atoms with van der Waals surface area (Å²) in [6.45, 7) is 2.78. The van der Waals surface area contributed by atoms with Gasteiger partial charge in [-0.25, -0.2) is 9.59 Å². The van der Waals surface area contributed by atoms with Crippen LogP contribution in [0.3, 0.4) is 0 Å². The van der Waals surface area contributed by atoms with Gasteiger partial charge in [-0.15, -0.1) is 0 Å². The molecule has 6 nitrogen and oxygen atoms in total. The molecule has 6 heteroatoms.